The maximum Gasteiger partial charge on any atom is 0.249 e. The quantitative estimate of drug-likeness (QED) is 0.675. The third kappa shape index (κ3) is 4.08. The molecule has 0 spiro atoms. The molecule has 3 nitrogen and oxygen atoms in total. The van der Waals surface area contributed by atoms with E-state index >= 15 is 0 Å². The van der Waals surface area contributed by atoms with Gasteiger partial charge in [-0.15, -0.1) is 0 Å². The van der Waals surface area contributed by atoms with E-state index in [4.69, 9.17) is 0 Å². The van der Waals surface area contributed by atoms with Crippen LogP contribution in [0.25, 0.3) is 0 Å². The van der Waals surface area contributed by atoms with Gasteiger partial charge in [-0.3, -0.25) is 4.79 Å². The number of pyridine rings is 1. The number of hydrogen-bond acceptors (Lipinski definition) is 2. The fraction of sp³-hybridized carbons (Fsp3) is 0.0909. The van der Waals surface area contributed by atoms with E-state index in [2.05, 4.69) is 26.2 Å². The van der Waals surface area contributed by atoms with Crippen LogP contribution in [0.3, 0.4) is 0 Å². The normalized spacial score (nSPS) is 11.1. The molecular weight excluding hydrogens is 256 g/mol. The van der Waals surface area contributed by atoms with E-state index in [-0.39, 0.29) is 5.91 Å². The van der Waals surface area contributed by atoms with Crippen molar-refractivity contribution in [3.63, 3.8) is 0 Å². The predicted octanol–water partition coefficient (Wildman–Crippen LogP) is 2.91. The van der Waals surface area contributed by atoms with Gasteiger partial charge in [0.15, 0.2) is 0 Å². The number of carbonyl (C=O) groups is 1. The highest BCUT2D eigenvalue weighted by molar-refractivity contribution is 9.10. The van der Waals surface area contributed by atoms with Crippen molar-refractivity contribution in [1.29, 1.82) is 0 Å². The molecule has 0 aliphatic heterocycles. The molecule has 0 radical (unpaired) electrons. The van der Waals surface area contributed by atoms with Crippen molar-refractivity contribution >= 4 is 27.7 Å². The summed E-state index contributed by atoms with van der Waals surface area (Å²) < 4.78 is 0.762. The van der Waals surface area contributed by atoms with Gasteiger partial charge < -0.3 is 5.32 Å². The first-order valence-corrected chi connectivity index (χ1v) is 5.24. The Morgan fingerprint density at radius 1 is 1.53 bits per heavy atom. The lowest BCUT2D eigenvalue weighted by Gasteiger charge is -2.02. The molecule has 1 rings (SSSR count). The zero-order valence-electron chi connectivity index (χ0n) is 8.27. The summed E-state index contributed by atoms with van der Waals surface area (Å²) in [5, 5.41) is 2.65. The molecule has 15 heavy (non-hydrogen) atoms. The fourth-order valence-electron chi connectivity index (χ4n) is 0.890. The molecule has 1 amide bonds. The number of allylic oxidation sites excluding steroid dienone is 3. The van der Waals surface area contributed by atoms with Gasteiger partial charge in [-0.05, 0) is 35.0 Å². The molecule has 0 atom stereocenters. The summed E-state index contributed by atoms with van der Waals surface area (Å²) in [6.45, 7) is 1.89. The van der Waals surface area contributed by atoms with Crippen LogP contribution in [0.1, 0.15) is 6.92 Å². The predicted molar refractivity (Wildman–Crippen MR) is 64.5 cm³/mol. The minimum atomic E-state index is -0.201. The first-order valence-electron chi connectivity index (χ1n) is 4.45. The second-order valence-electron chi connectivity index (χ2n) is 2.71. The summed E-state index contributed by atoms with van der Waals surface area (Å²) in [6, 6.07) is 3.60. The van der Waals surface area contributed by atoms with Gasteiger partial charge in [-0.1, -0.05) is 18.2 Å². The molecule has 0 fully saturated rings. The second-order valence-corrected chi connectivity index (χ2v) is 3.56. The zero-order chi connectivity index (χ0) is 11.1. The Hall–Kier alpha value is -1.42. The van der Waals surface area contributed by atoms with Gasteiger partial charge in [0.1, 0.15) is 5.82 Å². The van der Waals surface area contributed by atoms with E-state index in [9.17, 15) is 4.79 Å². The van der Waals surface area contributed by atoms with Crippen LogP contribution >= 0.6 is 15.9 Å². The van der Waals surface area contributed by atoms with Crippen molar-refractivity contribution in [3.05, 3.63) is 47.1 Å². The van der Waals surface area contributed by atoms with Gasteiger partial charge >= 0.3 is 0 Å². The summed E-state index contributed by atoms with van der Waals surface area (Å²) in [7, 11) is 0. The van der Waals surface area contributed by atoms with Gasteiger partial charge in [-0.25, -0.2) is 4.98 Å². The van der Waals surface area contributed by atoms with Crippen molar-refractivity contribution in [3.8, 4) is 0 Å². The molecule has 0 aromatic carbocycles. The third-order valence-electron chi connectivity index (χ3n) is 1.55. The molecule has 4 heteroatoms. The topological polar surface area (TPSA) is 42.0 Å². The Morgan fingerprint density at radius 2 is 2.33 bits per heavy atom. The molecule has 1 aromatic rings. The first-order chi connectivity index (χ1) is 7.24. The summed E-state index contributed by atoms with van der Waals surface area (Å²) in [4.78, 5) is 15.4. The maximum atomic E-state index is 11.3. The van der Waals surface area contributed by atoms with Crippen molar-refractivity contribution in [2.75, 3.05) is 5.32 Å². The van der Waals surface area contributed by atoms with Crippen LogP contribution in [0.15, 0.2) is 47.1 Å². The monoisotopic (exact) mass is 266 g/mol. The van der Waals surface area contributed by atoms with Crippen LogP contribution in [0.2, 0.25) is 0 Å². The fourth-order valence-corrected chi connectivity index (χ4v) is 1.24. The molecule has 0 unspecified atom stereocenters. The van der Waals surface area contributed by atoms with Crippen LogP contribution in [0.4, 0.5) is 5.82 Å². The summed E-state index contributed by atoms with van der Waals surface area (Å²) in [5.41, 5.74) is 0. The highest BCUT2D eigenvalue weighted by Crippen LogP contribution is 2.17. The number of aromatic nitrogens is 1. The molecule has 0 aliphatic carbocycles. The minimum absolute atomic E-state index is 0.201. The van der Waals surface area contributed by atoms with E-state index in [1.807, 2.05) is 19.1 Å². The molecule has 1 heterocycles. The van der Waals surface area contributed by atoms with Crippen LogP contribution in [0, 0.1) is 0 Å². The Balaban J connectivity index is 2.63. The molecule has 0 bridgehead atoms. The van der Waals surface area contributed by atoms with E-state index < -0.39 is 0 Å². The minimum Gasteiger partial charge on any atom is -0.306 e. The second kappa shape index (κ2) is 6.14. The molecule has 1 aromatic heterocycles. The standard InChI is InChI=1S/C11H11BrN2O/c1-2-3-4-7-10(15)14-11-9(12)6-5-8-13-11/h2-8H,1H3,(H,13,14,15). The highest BCUT2D eigenvalue weighted by Gasteiger charge is 2.01. The maximum absolute atomic E-state index is 11.3. The molecular formula is C11H11BrN2O. The van der Waals surface area contributed by atoms with Crippen LogP contribution in [-0.4, -0.2) is 10.9 Å². The van der Waals surface area contributed by atoms with Crippen molar-refractivity contribution in [2.24, 2.45) is 0 Å². The van der Waals surface area contributed by atoms with E-state index in [0.717, 1.165) is 4.47 Å². The number of amides is 1. The van der Waals surface area contributed by atoms with Gasteiger partial charge in [0.2, 0.25) is 5.91 Å². The molecule has 78 valence electrons. The SMILES string of the molecule is CC=CC=CC(=O)Nc1ncccc1Br. The van der Waals surface area contributed by atoms with Crippen molar-refractivity contribution in [1.82, 2.24) is 4.98 Å². The lowest BCUT2D eigenvalue weighted by molar-refractivity contribution is -0.111. The first kappa shape index (κ1) is 11.7. The Bertz CT molecular complexity index is 399. The van der Waals surface area contributed by atoms with Gasteiger partial charge in [0.25, 0.3) is 0 Å². The Kier molecular flexibility index (Phi) is 4.77. The van der Waals surface area contributed by atoms with Gasteiger partial charge in [-0.2, -0.15) is 0 Å². The summed E-state index contributed by atoms with van der Waals surface area (Å²) in [5.74, 6) is 0.320. The van der Waals surface area contributed by atoms with E-state index in [1.54, 1.807) is 24.4 Å². The third-order valence-corrected chi connectivity index (χ3v) is 2.19. The number of nitrogens with one attached hydrogen (secondary N) is 1. The summed E-state index contributed by atoms with van der Waals surface area (Å²) >= 11 is 3.29. The van der Waals surface area contributed by atoms with Crippen LogP contribution in [0.5, 0.6) is 0 Å². The zero-order valence-corrected chi connectivity index (χ0v) is 9.86. The van der Waals surface area contributed by atoms with Gasteiger partial charge in [0, 0.05) is 12.3 Å². The molecule has 0 saturated carbocycles. The molecule has 1 N–H and O–H groups in total. The Morgan fingerprint density at radius 3 is 3.00 bits per heavy atom. The largest absolute Gasteiger partial charge is 0.306 e. The Labute approximate surface area is 97.0 Å². The highest BCUT2D eigenvalue weighted by atomic mass is 79.9. The molecule has 0 saturated heterocycles. The number of rotatable bonds is 3. The number of anilines is 1. The van der Waals surface area contributed by atoms with E-state index in [0.29, 0.717) is 5.82 Å². The number of halogens is 1. The van der Waals surface area contributed by atoms with Crippen LogP contribution in [-0.2, 0) is 4.79 Å². The number of nitrogens with zero attached hydrogens (tertiary/aromatic N) is 1. The number of hydrogen-bond donors (Lipinski definition) is 1. The average Bonchev–Trinajstić information content (AvgIpc) is 2.22. The lowest BCUT2D eigenvalue weighted by atomic mass is 10.4. The van der Waals surface area contributed by atoms with Gasteiger partial charge in [0.05, 0.1) is 4.47 Å². The van der Waals surface area contributed by atoms with Crippen molar-refractivity contribution < 1.29 is 4.79 Å². The van der Waals surface area contributed by atoms with Crippen molar-refractivity contribution in [2.45, 2.75) is 6.92 Å². The average molecular weight is 267 g/mol. The van der Waals surface area contributed by atoms with E-state index in [1.165, 1.54) is 6.08 Å². The number of carbonyl (C=O) groups excluding carboxylic acids is 1. The molecule has 0 aliphatic rings. The lowest BCUT2D eigenvalue weighted by Crippen LogP contribution is -2.09. The van der Waals surface area contributed by atoms with Crippen LogP contribution < -0.4 is 5.32 Å². The summed E-state index contributed by atoms with van der Waals surface area (Å²) in [6.07, 6.45) is 8.37. The smallest absolute Gasteiger partial charge is 0.249 e.